The van der Waals surface area contributed by atoms with Gasteiger partial charge in [-0.25, -0.2) is 4.98 Å². The first-order chi connectivity index (χ1) is 12.7. The Bertz CT molecular complexity index is 938. The molecule has 0 aliphatic carbocycles. The highest BCUT2D eigenvalue weighted by Gasteiger charge is 2.18. The SMILES string of the molecule is CCCc1nnsc1C(=O)Nc1nc(-c2ccc3c(c2)OCCO3)cs1. The number of carbonyl (C=O) groups excluding carboxylic acids is 1. The first-order valence-electron chi connectivity index (χ1n) is 8.22. The number of nitrogens with one attached hydrogen (secondary N) is 1. The Labute approximate surface area is 158 Å². The van der Waals surface area contributed by atoms with Gasteiger partial charge in [0.05, 0.1) is 11.4 Å². The first kappa shape index (κ1) is 16.9. The van der Waals surface area contributed by atoms with Gasteiger partial charge in [-0.05, 0) is 36.2 Å². The van der Waals surface area contributed by atoms with Gasteiger partial charge in [-0.15, -0.1) is 16.4 Å². The molecule has 0 fully saturated rings. The van der Waals surface area contributed by atoms with Gasteiger partial charge in [0.15, 0.2) is 16.6 Å². The van der Waals surface area contributed by atoms with Gasteiger partial charge in [-0.2, -0.15) is 0 Å². The fourth-order valence-corrected chi connectivity index (χ4v) is 3.92. The van der Waals surface area contributed by atoms with E-state index in [1.807, 2.05) is 30.5 Å². The van der Waals surface area contributed by atoms with E-state index in [4.69, 9.17) is 9.47 Å². The molecule has 0 unspecified atom stereocenters. The van der Waals surface area contributed by atoms with Gasteiger partial charge in [0.1, 0.15) is 18.1 Å². The molecule has 0 saturated heterocycles. The van der Waals surface area contributed by atoms with Crippen molar-refractivity contribution < 1.29 is 14.3 Å². The molecule has 1 aliphatic heterocycles. The number of anilines is 1. The van der Waals surface area contributed by atoms with Gasteiger partial charge in [0, 0.05) is 10.9 Å². The molecule has 3 heterocycles. The molecule has 0 spiro atoms. The second-order valence-electron chi connectivity index (χ2n) is 5.65. The number of carbonyl (C=O) groups is 1. The lowest BCUT2D eigenvalue weighted by Crippen LogP contribution is -2.15. The second-order valence-corrected chi connectivity index (χ2v) is 7.26. The largest absolute Gasteiger partial charge is 0.486 e. The van der Waals surface area contributed by atoms with Crippen molar-refractivity contribution in [3.63, 3.8) is 0 Å². The van der Waals surface area contributed by atoms with E-state index in [-0.39, 0.29) is 5.91 Å². The summed E-state index contributed by atoms with van der Waals surface area (Å²) in [5, 5.41) is 9.31. The molecule has 1 aliphatic rings. The van der Waals surface area contributed by atoms with E-state index in [9.17, 15) is 4.79 Å². The van der Waals surface area contributed by atoms with Crippen molar-refractivity contribution in [1.29, 1.82) is 0 Å². The summed E-state index contributed by atoms with van der Waals surface area (Å²) < 4.78 is 15.0. The van der Waals surface area contributed by atoms with Crippen molar-refractivity contribution in [2.45, 2.75) is 19.8 Å². The minimum Gasteiger partial charge on any atom is -0.486 e. The Balaban J connectivity index is 1.51. The predicted molar refractivity (Wildman–Crippen MR) is 100 cm³/mol. The number of hydrogen-bond donors (Lipinski definition) is 1. The van der Waals surface area contributed by atoms with E-state index in [2.05, 4.69) is 19.9 Å². The van der Waals surface area contributed by atoms with Crippen LogP contribution >= 0.6 is 22.9 Å². The van der Waals surface area contributed by atoms with Crippen LogP contribution in [-0.2, 0) is 6.42 Å². The van der Waals surface area contributed by atoms with Crippen LogP contribution < -0.4 is 14.8 Å². The first-order valence-corrected chi connectivity index (χ1v) is 9.88. The molecule has 0 atom stereocenters. The topological polar surface area (TPSA) is 86.2 Å². The summed E-state index contributed by atoms with van der Waals surface area (Å²) in [5.41, 5.74) is 2.43. The Morgan fingerprint density at radius 3 is 2.96 bits per heavy atom. The van der Waals surface area contributed by atoms with E-state index < -0.39 is 0 Å². The van der Waals surface area contributed by atoms with Crippen molar-refractivity contribution in [3.05, 3.63) is 34.2 Å². The number of rotatable bonds is 5. The average molecular weight is 388 g/mol. The summed E-state index contributed by atoms with van der Waals surface area (Å²) in [7, 11) is 0. The number of amides is 1. The minimum atomic E-state index is -0.216. The number of nitrogens with zero attached hydrogens (tertiary/aromatic N) is 3. The third-order valence-corrected chi connectivity index (χ3v) is 5.34. The van der Waals surface area contributed by atoms with Crippen LogP contribution in [0.1, 0.15) is 28.7 Å². The van der Waals surface area contributed by atoms with Gasteiger partial charge in [-0.1, -0.05) is 17.8 Å². The molecular formula is C17H16N4O3S2. The molecule has 2 aromatic heterocycles. The van der Waals surface area contributed by atoms with E-state index in [0.717, 1.165) is 47.1 Å². The van der Waals surface area contributed by atoms with Crippen LogP contribution in [0.25, 0.3) is 11.3 Å². The molecule has 0 radical (unpaired) electrons. The normalized spacial score (nSPS) is 12.8. The van der Waals surface area contributed by atoms with Crippen molar-refractivity contribution in [2.75, 3.05) is 18.5 Å². The van der Waals surface area contributed by atoms with Crippen molar-refractivity contribution in [2.24, 2.45) is 0 Å². The molecule has 9 heteroatoms. The standard InChI is InChI=1S/C17H16N4O3S2/c1-2-3-11-15(26-21-20-11)16(22)19-17-18-12(9-25-17)10-4-5-13-14(8-10)24-7-6-23-13/h4-5,8-9H,2-3,6-7H2,1H3,(H,18,19,22). The lowest BCUT2D eigenvalue weighted by atomic mass is 10.1. The quantitative estimate of drug-likeness (QED) is 0.718. The van der Waals surface area contributed by atoms with Crippen molar-refractivity contribution in [1.82, 2.24) is 14.6 Å². The van der Waals surface area contributed by atoms with Gasteiger partial charge in [-0.3, -0.25) is 10.1 Å². The molecule has 7 nitrogen and oxygen atoms in total. The molecule has 1 amide bonds. The summed E-state index contributed by atoms with van der Waals surface area (Å²) in [6.07, 6.45) is 1.65. The third-order valence-electron chi connectivity index (χ3n) is 3.81. The van der Waals surface area contributed by atoms with Gasteiger partial charge in [0.25, 0.3) is 5.91 Å². The summed E-state index contributed by atoms with van der Waals surface area (Å²) in [4.78, 5) is 17.5. The highest BCUT2D eigenvalue weighted by atomic mass is 32.1. The molecule has 0 saturated carbocycles. The van der Waals surface area contributed by atoms with Gasteiger partial charge >= 0.3 is 0 Å². The summed E-state index contributed by atoms with van der Waals surface area (Å²) in [6, 6.07) is 5.71. The monoisotopic (exact) mass is 388 g/mol. The number of ether oxygens (including phenoxy) is 2. The lowest BCUT2D eigenvalue weighted by molar-refractivity contribution is 0.102. The maximum atomic E-state index is 12.5. The third kappa shape index (κ3) is 3.40. The number of aryl methyl sites for hydroxylation is 1. The predicted octanol–water partition coefficient (Wildman–Crippen LogP) is 3.64. The van der Waals surface area contributed by atoms with Crippen LogP contribution in [-0.4, -0.2) is 33.7 Å². The van der Waals surface area contributed by atoms with Crippen LogP contribution in [0.2, 0.25) is 0 Å². The Morgan fingerprint density at radius 2 is 2.12 bits per heavy atom. The summed E-state index contributed by atoms with van der Waals surface area (Å²) in [5.74, 6) is 1.24. The fourth-order valence-electron chi connectivity index (χ4n) is 2.60. The number of aromatic nitrogens is 3. The lowest BCUT2D eigenvalue weighted by Gasteiger charge is -2.18. The summed E-state index contributed by atoms with van der Waals surface area (Å²) in [6.45, 7) is 3.14. The smallest absolute Gasteiger partial charge is 0.271 e. The van der Waals surface area contributed by atoms with E-state index in [1.54, 1.807) is 0 Å². The molecule has 4 rings (SSSR count). The van der Waals surface area contributed by atoms with Crippen LogP contribution in [0.15, 0.2) is 23.6 Å². The Morgan fingerprint density at radius 1 is 1.27 bits per heavy atom. The van der Waals surface area contributed by atoms with Crippen LogP contribution in [0, 0.1) is 0 Å². The fraction of sp³-hybridized carbons (Fsp3) is 0.294. The zero-order valence-electron chi connectivity index (χ0n) is 14.0. The van der Waals surface area contributed by atoms with E-state index >= 15 is 0 Å². The highest BCUT2D eigenvalue weighted by molar-refractivity contribution is 7.14. The molecule has 0 bridgehead atoms. The molecule has 26 heavy (non-hydrogen) atoms. The second kappa shape index (κ2) is 7.38. The Kier molecular flexibility index (Phi) is 4.81. The highest BCUT2D eigenvalue weighted by Crippen LogP contribution is 2.35. The number of thiazole rings is 1. The molecule has 1 aromatic carbocycles. The van der Waals surface area contributed by atoms with Crippen LogP contribution in [0.3, 0.4) is 0 Å². The van der Waals surface area contributed by atoms with Crippen molar-refractivity contribution in [3.8, 4) is 22.8 Å². The van der Waals surface area contributed by atoms with Crippen LogP contribution in [0.5, 0.6) is 11.5 Å². The average Bonchev–Trinajstić information content (AvgIpc) is 3.31. The van der Waals surface area contributed by atoms with Gasteiger partial charge in [0.2, 0.25) is 0 Å². The minimum absolute atomic E-state index is 0.216. The van der Waals surface area contributed by atoms with E-state index in [1.165, 1.54) is 11.3 Å². The molecular weight excluding hydrogens is 372 g/mol. The molecule has 3 aromatic rings. The zero-order valence-corrected chi connectivity index (χ0v) is 15.7. The number of hydrogen-bond acceptors (Lipinski definition) is 8. The maximum absolute atomic E-state index is 12.5. The zero-order chi connectivity index (χ0) is 17.9. The van der Waals surface area contributed by atoms with Crippen molar-refractivity contribution >= 4 is 33.9 Å². The Hall–Kier alpha value is -2.52. The molecule has 1 N–H and O–H groups in total. The number of benzene rings is 1. The maximum Gasteiger partial charge on any atom is 0.271 e. The number of fused-ring (bicyclic) bond motifs is 1. The van der Waals surface area contributed by atoms with Gasteiger partial charge < -0.3 is 9.47 Å². The molecule has 134 valence electrons. The van der Waals surface area contributed by atoms with E-state index in [0.29, 0.717) is 29.0 Å². The summed E-state index contributed by atoms with van der Waals surface area (Å²) >= 11 is 2.48. The van der Waals surface area contributed by atoms with Crippen LogP contribution in [0.4, 0.5) is 5.13 Å².